The molecule has 3 heteroatoms. The van der Waals surface area contributed by atoms with Gasteiger partial charge in [-0.05, 0) is 30.5 Å². The molecule has 0 fully saturated rings. The molecule has 0 aliphatic heterocycles. The van der Waals surface area contributed by atoms with E-state index in [1.807, 2.05) is 24.4 Å². The molecule has 0 atom stereocenters. The van der Waals surface area contributed by atoms with E-state index in [9.17, 15) is 4.79 Å². The van der Waals surface area contributed by atoms with Crippen LogP contribution in [0.1, 0.15) is 35.7 Å². The lowest BCUT2D eigenvalue weighted by molar-refractivity contribution is 0.0601. The summed E-state index contributed by atoms with van der Waals surface area (Å²) in [6.45, 7) is 2.18. The van der Waals surface area contributed by atoms with Gasteiger partial charge >= 0.3 is 5.97 Å². The summed E-state index contributed by atoms with van der Waals surface area (Å²) in [6.07, 6.45) is 5.48. The van der Waals surface area contributed by atoms with Crippen molar-refractivity contribution in [2.75, 3.05) is 7.11 Å². The van der Waals surface area contributed by atoms with Crippen molar-refractivity contribution < 1.29 is 9.53 Å². The molecule has 0 aliphatic rings. The normalized spacial score (nSPS) is 10.7. The zero-order valence-corrected chi connectivity index (χ0v) is 10.2. The van der Waals surface area contributed by atoms with Crippen LogP contribution in [0, 0.1) is 0 Å². The van der Waals surface area contributed by atoms with Crippen molar-refractivity contribution >= 4 is 16.9 Å². The predicted molar refractivity (Wildman–Crippen MR) is 68.3 cm³/mol. The molecular weight excluding hydrogens is 214 g/mol. The molecular formula is C14H17NO2. The van der Waals surface area contributed by atoms with Gasteiger partial charge in [0, 0.05) is 17.1 Å². The van der Waals surface area contributed by atoms with E-state index < -0.39 is 0 Å². The first-order valence-corrected chi connectivity index (χ1v) is 5.94. The molecule has 0 saturated carbocycles. The number of rotatable bonds is 4. The number of carbonyl (C=O) groups is 1. The number of unbranched alkanes of at least 4 members (excludes halogenated alkanes) is 1. The van der Waals surface area contributed by atoms with Crippen molar-refractivity contribution in [3.63, 3.8) is 0 Å². The van der Waals surface area contributed by atoms with Crippen molar-refractivity contribution in [1.29, 1.82) is 0 Å². The van der Waals surface area contributed by atoms with Crippen molar-refractivity contribution in [1.82, 2.24) is 4.98 Å². The molecule has 2 aromatic rings. The van der Waals surface area contributed by atoms with Gasteiger partial charge in [-0.3, -0.25) is 0 Å². The third kappa shape index (κ3) is 2.33. The standard InChI is InChI=1S/C14H17NO2/c1-3-4-5-11-9-15-13-8-10(14(16)17-2)6-7-12(11)13/h6-9,15H,3-5H2,1-2H3. The van der Waals surface area contributed by atoms with Crippen LogP contribution in [0.3, 0.4) is 0 Å². The van der Waals surface area contributed by atoms with Crippen LogP contribution in [0.2, 0.25) is 0 Å². The number of methoxy groups -OCH3 is 1. The number of H-pyrrole nitrogens is 1. The summed E-state index contributed by atoms with van der Waals surface area (Å²) in [5, 5.41) is 1.20. The number of hydrogen-bond donors (Lipinski definition) is 1. The first-order chi connectivity index (χ1) is 8.26. The van der Waals surface area contributed by atoms with Crippen LogP contribution in [-0.4, -0.2) is 18.1 Å². The Balaban J connectivity index is 2.34. The van der Waals surface area contributed by atoms with E-state index in [1.54, 1.807) is 0 Å². The highest BCUT2D eigenvalue weighted by Crippen LogP contribution is 2.21. The maximum atomic E-state index is 11.4. The van der Waals surface area contributed by atoms with E-state index in [0.29, 0.717) is 5.56 Å². The topological polar surface area (TPSA) is 42.1 Å². The van der Waals surface area contributed by atoms with Crippen LogP contribution in [0.25, 0.3) is 10.9 Å². The number of aromatic nitrogens is 1. The minimum Gasteiger partial charge on any atom is -0.465 e. The largest absolute Gasteiger partial charge is 0.465 e. The highest BCUT2D eigenvalue weighted by Gasteiger charge is 2.08. The molecule has 1 heterocycles. The van der Waals surface area contributed by atoms with Gasteiger partial charge in [0.25, 0.3) is 0 Å². The van der Waals surface area contributed by atoms with Gasteiger partial charge in [0.2, 0.25) is 0 Å². The summed E-state index contributed by atoms with van der Waals surface area (Å²) >= 11 is 0. The third-order valence-electron chi connectivity index (χ3n) is 2.99. The van der Waals surface area contributed by atoms with E-state index in [2.05, 4.69) is 11.9 Å². The van der Waals surface area contributed by atoms with E-state index >= 15 is 0 Å². The third-order valence-corrected chi connectivity index (χ3v) is 2.99. The average molecular weight is 231 g/mol. The summed E-state index contributed by atoms with van der Waals surface area (Å²) in [7, 11) is 1.40. The first-order valence-electron chi connectivity index (χ1n) is 5.94. The molecule has 3 nitrogen and oxygen atoms in total. The van der Waals surface area contributed by atoms with Crippen molar-refractivity contribution in [2.24, 2.45) is 0 Å². The molecule has 1 N–H and O–H groups in total. The van der Waals surface area contributed by atoms with Crippen LogP contribution in [0.5, 0.6) is 0 Å². The fourth-order valence-corrected chi connectivity index (χ4v) is 2.01. The molecule has 0 unspecified atom stereocenters. The van der Waals surface area contributed by atoms with Crippen molar-refractivity contribution in [3.05, 3.63) is 35.5 Å². The summed E-state index contributed by atoms with van der Waals surface area (Å²) in [6, 6.07) is 5.65. The summed E-state index contributed by atoms with van der Waals surface area (Å²) in [5.74, 6) is -0.295. The first kappa shape index (κ1) is 11.7. The van der Waals surface area contributed by atoms with Gasteiger partial charge in [-0.1, -0.05) is 19.4 Å². The Morgan fingerprint density at radius 1 is 1.41 bits per heavy atom. The summed E-state index contributed by atoms with van der Waals surface area (Å²) < 4.78 is 4.70. The lowest BCUT2D eigenvalue weighted by atomic mass is 10.1. The lowest BCUT2D eigenvalue weighted by Gasteiger charge is -2.00. The molecule has 17 heavy (non-hydrogen) atoms. The highest BCUT2D eigenvalue weighted by molar-refractivity contribution is 5.95. The Kier molecular flexibility index (Phi) is 3.47. The molecule has 1 aromatic heterocycles. The van der Waals surface area contributed by atoms with Crippen LogP contribution >= 0.6 is 0 Å². The molecule has 0 saturated heterocycles. The second-order valence-electron chi connectivity index (χ2n) is 4.17. The number of aryl methyl sites for hydroxylation is 1. The molecule has 90 valence electrons. The van der Waals surface area contributed by atoms with Gasteiger partial charge in [-0.2, -0.15) is 0 Å². The highest BCUT2D eigenvalue weighted by atomic mass is 16.5. The maximum Gasteiger partial charge on any atom is 0.337 e. The molecule has 0 aliphatic carbocycles. The van der Waals surface area contributed by atoms with Gasteiger partial charge in [0.1, 0.15) is 0 Å². The van der Waals surface area contributed by atoms with Crippen LogP contribution in [-0.2, 0) is 11.2 Å². The Morgan fingerprint density at radius 2 is 2.24 bits per heavy atom. The van der Waals surface area contributed by atoms with Crippen LogP contribution < -0.4 is 0 Å². The number of nitrogens with one attached hydrogen (secondary N) is 1. The monoisotopic (exact) mass is 231 g/mol. The SMILES string of the molecule is CCCCc1c[nH]c2cc(C(=O)OC)ccc12. The molecule has 0 spiro atoms. The molecule has 0 bridgehead atoms. The van der Waals surface area contributed by atoms with E-state index in [1.165, 1.54) is 30.9 Å². The van der Waals surface area contributed by atoms with Crippen LogP contribution in [0.15, 0.2) is 24.4 Å². The van der Waals surface area contributed by atoms with E-state index in [-0.39, 0.29) is 5.97 Å². The van der Waals surface area contributed by atoms with Gasteiger partial charge in [0.05, 0.1) is 12.7 Å². The number of carbonyl (C=O) groups excluding carboxylic acids is 1. The number of benzene rings is 1. The summed E-state index contributed by atoms with van der Waals surface area (Å²) in [4.78, 5) is 14.6. The number of aromatic amines is 1. The quantitative estimate of drug-likeness (QED) is 0.820. The molecule has 0 radical (unpaired) electrons. The second kappa shape index (κ2) is 5.04. The smallest absolute Gasteiger partial charge is 0.337 e. The fraction of sp³-hybridized carbons (Fsp3) is 0.357. The Bertz CT molecular complexity index is 528. The fourth-order valence-electron chi connectivity index (χ4n) is 2.01. The zero-order valence-electron chi connectivity index (χ0n) is 10.2. The van der Waals surface area contributed by atoms with Gasteiger partial charge < -0.3 is 9.72 Å². The van der Waals surface area contributed by atoms with Gasteiger partial charge in [0.15, 0.2) is 0 Å². The Hall–Kier alpha value is -1.77. The number of ether oxygens (including phenoxy) is 1. The van der Waals surface area contributed by atoms with Gasteiger partial charge in [-0.25, -0.2) is 4.79 Å². The lowest BCUT2D eigenvalue weighted by Crippen LogP contribution is -2.00. The predicted octanol–water partition coefficient (Wildman–Crippen LogP) is 3.30. The maximum absolute atomic E-state index is 11.4. The molecule has 1 aromatic carbocycles. The number of hydrogen-bond acceptors (Lipinski definition) is 2. The zero-order chi connectivity index (χ0) is 12.3. The van der Waals surface area contributed by atoms with Gasteiger partial charge in [-0.15, -0.1) is 0 Å². The summed E-state index contributed by atoms with van der Waals surface area (Å²) in [5.41, 5.74) is 2.90. The Labute approximate surface area is 101 Å². The Morgan fingerprint density at radius 3 is 2.94 bits per heavy atom. The number of fused-ring (bicyclic) bond motifs is 1. The minimum atomic E-state index is -0.295. The van der Waals surface area contributed by atoms with E-state index in [0.717, 1.165) is 11.9 Å². The molecule has 2 rings (SSSR count). The van der Waals surface area contributed by atoms with E-state index in [4.69, 9.17) is 4.74 Å². The average Bonchev–Trinajstić information content (AvgIpc) is 2.77. The second-order valence-corrected chi connectivity index (χ2v) is 4.17. The molecule has 0 amide bonds. The minimum absolute atomic E-state index is 0.295. The van der Waals surface area contributed by atoms with Crippen LogP contribution in [0.4, 0.5) is 0 Å². The van der Waals surface area contributed by atoms with Crippen molar-refractivity contribution in [2.45, 2.75) is 26.2 Å². The van der Waals surface area contributed by atoms with Crippen molar-refractivity contribution in [3.8, 4) is 0 Å². The number of esters is 1.